The van der Waals surface area contributed by atoms with Crippen LogP contribution in [0.5, 0.6) is 0 Å². The number of nitrogens with zero attached hydrogens (tertiary/aromatic N) is 2. The molecule has 2 rings (SSSR count). The molecule has 0 spiro atoms. The highest BCUT2D eigenvalue weighted by Gasteiger charge is 2.52. The Morgan fingerprint density at radius 2 is 2.22 bits per heavy atom. The second-order valence-electron chi connectivity index (χ2n) is 7.33. The van der Waals surface area contributed by atoms with Crippen molar-refractivity contribution in [1.29, 1.82) is 5.26 Å². The van der Waals surface area contributed by atoms with Gasteiger partial charge < -0.3 is 10.0 Å². The lowest BCUT2D eigenvalue weighted by Gasteiger charge is -2.32. The van der Waals surface area contributed by atoms with Crippen LogP contribution in [-0.4, -0.2) is 29.2 Å². The first-order chi connectivity index (χ1) is 10.6. The van der Waals surface area contributed by atoms with Gasteiger partial charge in [-0.15, -0.1) is 0 Å². The van der Waals surface area contributed by atoms with Crippen molar-refractivity contribution in [1.82, 2.24) is 4.90 Å². The number of hydrogen-bond acceptors (Lipinski definition) is 2. The summed E-state index contributed by atoms with van der Waals surface area (Å²) < 4.78 is 14.5. The summed E-state index contributed by atoms with van der Waals surface area (Å²) >= 11 is 5.81. The molecule has 0 bridgehead atoms. The third-order valence-electron chi connectivity index (χ3n) is 4.32. The predicted molar refractivity (Wildman–Crippen MR) is 85.9 cm³/mol. The van der Waals surface area contributed by atoms with E-state index >= 15 is 0 Å². The van der Waals surface area contributed by atoms with Crippen LogP contribution >= 0.6 is 11.6 Å². The Balaban J connectivity index is 2.54. The van der Waals surface area contributed by atoms with Crippen molar-refractivity contribution < 1.29 is 14.3 Å². The summed E-state index contributed by atoms with van der Waals surface area (Å²) in [7, 11) is 0. The van der Waals surface area contributed by atoms with Gasteiger partial charge in [0.15, 0.2) is 0 Å². The normalized spacial score (nSPS) is 24.5. The minimum atomic E-state index is -1.19. The molecule has 23 heavy (non-hydrogen) atoms. The smallest absolute Gasteiger partial charge is 0.407 e. The van der Waals surface area contributed by atoms with E-state index < -0.39 is 17.3 Å². The van der Waals surface area contributed by atoms with Gasteiger partial charge in [0.1, 0.15) is 11.2 Å². The Hall–Kier alpha value is -1.80. The number of carboxylic acid groups (broad SMARTS) is 1. The Kier molecular flexibility index (Phi) is 4.59. The van der Waals surface area contributed by atoms with Crippen LogP contribution in [0.25, 0.3) is 0 Å². The summed E-state index contributed by atoms with van der Waals surface area (Å²) in [4.78, 5) is 12.6. The molecule has 0 aromatic heterocycles. The molecule has 124 valence electrons. The van der Waals surface area contributed by atoms with Gasteiger partial charge in [-0.3, -0.25) is 0 Å². The van der Waals surface area contributed by atoms with Crippen molar-refractivity contribution in [2.75, 3.05) is 13.1 Å². The van der Waals surface area contributed by atoms with E-state index in [1.54, 1.807) is 0 Å². The van der Waals surface area contributed by atoms with Crippen LogP contribution in [-0.2, 0) is 5.41 Å². The largest absolute Gasteiger partial charge is 0.465 e. The van der Waals surface area contributed by atoms with Crippen LogP contribution in [0.2, 0.25) is 5.02 Å². The maximum atomic E-state index is 14.5. The van der Waals surface area contributed by atoms with Crippen LogP contribution < -0.4 is 0 Å². The topological polar surface area (TPSA) is 64.3 Å². The second-order valence-corrected chi connectivity index (χ2v) is 7.77. The third-order valence-corrected chi connectivity index (χ3v) is 4.55. The summed E-state index contributed by atoms with van der Waals surface area (Å²) in [5.41, 5.74) is -1.08. The molecule has 1 aliphatic rings. The molecule has 2 unspecified atom stereocenters. The number of nitriles is 1. The maximum absolute atomic E-state index is 14.5. The molecule has 1 aromatic carbocycles. The third kappa shape index (κ3) is 3.42. The summed E-state index contributed by atoms with van der Waals surface area (Å²) in [5, 5.41) is 19.4. The molecule has 1 saturated heterocycles. The summed E-state index contributed by atoms with van der Waals surface area (Å²) in [6.07, 6.45) is -0.470. The lowest BCUT2D eigenvalue weighted by molar-refractivity contribution is 0.152. The molecule has 1 fully saturated rings. The fraction of sp³-hybridized carbons (Fsp3) is 0.529. The summed E-state index contributed by atoms with van der Waals surface area (Å²) in [6.45, 7) is 6.27. The number of benzene rings is 1. The lowest BCUT2D eigenvalue weighted by Crippen LogP contribution is -2.37. The number of rotatable bonds is 2. The van der Waals surface area contributed by atoms with Crippen molar-refractivity contribution in [3.8, 4) is 6.07 Å². The van der Waals surface area contributed by atoms with Crippen molar-refractivity contribution in [3.63, 3.8) is 0 Å². The van der Waals surface area contributed by atoms with E-state index in [0.29, 0.717) is 6.42 Å². The van der Waals surface area contributed by atoms with Crippen LogP contribution in [0, 0.1) is 28.5 Å². The molecule has 0 aliphatic carbocycles. The van der Waals surface area contributed by atoms with E-state index in [1.807, 2.05) is 20.8 Å². The van der Waals surface area contributed by atoms with Crippen LogP contribution in [0.3, 0.4) is 0 Å². The summed E-state index contributed by atoms with van der Waals surface area (Å²) in [5.74, 6) is -0.843. The molecule has 6 heteroatoms. The maximum Gasteiger partial charge on any atom is 0.407 e. The van der Waals surface area contributed by atoms with Crippen molar-refractivity contribution >= 4 is 17.7 Å². The molecule has 2 atom stereocenters. The van der Waals surface area contributed by atoms with Gasteiger partial charge in [0.2, 0.25) is 0 Å². The molecular weight excluding hydrogens is 319 g/mol. The monoisotopic (exact) mass is 338 g/mol. The molecule has 1 aliphatic heterocycles. The first-order valence-electron chi connectivity index (χ1n) is 7.44. The van der Waals surface area contributed by atoms with Crippen molar-refractivity contribution in [2.24, 2.45) is 11.3 Å². The van der Waals surface area contributed by atoms with E-state index in [1.165, 1.54) is 23.1 Å². The van der Waals surface area contributed by atoms with E-state index in [-0.39, 0.29) is 35.0 Å². The highest BCUT2D eigenvalue weighted by Crippen LogP contribution is 2.45. The quantitative estimate of drug-likeness (QED) is 0.875. The molecule has 1 N–H and O–H groups in total. The zero-order chi connectivity index (χ0) is 17.4. The average molecular weight is 339 g/mol. The van der Waals surface area contributed by atoms with Crippen molar-refractivity contribution in [2.45, 2.75) is 32.6 Å². The average Bonchev–Trinajstić information content (AvgIpc) is 2.76. The van der Waals surface area contributed by atoms with Crippen LogP contribution in [0.1, 0.15) is 32.8 Å². The van der Waals surface area contributed by atoms with E-state index in [0.717, 1.165) is 0 Å². The fourth-order valence-corrected chi connectivity index (χ4v) is 3.54. The Labute approximate surface area is 140 Å². The zero-order valence-corrected chi connectivity index (χ0v) is 14.2. The van der Waals surface area contributed by atoms with E-state index in [9.17, 15) is 19.6 Å². The van der Waals surface area contributed by atoms with Gasteiger partial charge in [0, 0.05) is 29.6 Å². The number of carbonyl (C=O) groups is 1. The Morgan fingerprint density at radius 3 is 2.70 bits per heavy atom. The van der Waals surface area contributed by atoms with E-state index in [4.69, 9.17) is 11.6 Å². The van der Waals surface area contributed by atoms with Crippen LogP contribution in [0.4, 0.5) is 9.18 Å². The minimum absolute atomic E-state index is 0.0296. The van der Waals surface area contributed by atoms with Gasteiger partial charge in [-0.25, -0.2) is 9.18 Å². The standard InChI is InChI=1S/C17H20ClFN2O2/c1-16(2,3)7-11-8-21(15(22)23)10-17(11,9-20)13-5-4-12(18)6-14(13)19/h4-6,11H,7-8,10H2,1-3H3,(H,22,23). The molecule has 0 radical (unpaired) electrons. The predicted octanol–water partition coefficient (Wildman–Crippen LogP) is 4.29. The minimum Gasteiger partial charge on any atom is -0.465 e. The highest BCUT2D eigenvalue weighted by atomic mass is 35.5. The van der Waals surface area contributed by atoms with Gasteiger partial charge in [-0.05, 0) is 24.0 Å². The number of halogens is 2. The molecule has 1 heterocycles. The molecule has 1 aromatic rings. The number of hydrogen-bond donors (Lipinski definition) is 1. The Morgan fingerprint density at radius 1 is 1.57 bits per heavy atom. The van der Waals surface area contributed by atoms with Gasteiger partial charge in [0.05, 0.1) is 6.07 Å². The van der Waals surface area contributed by atoms with Gasteiger partial charge in [-0.2, -0.15) is 5.26 Å². The van der Waals surface area contributed by atoms with Crippen molar-refractivity contribution in [3.05, 3.63) is 34.6 Å². The van der Waals surface area contributed by atoms with E-state index in [2.05, 4.69) is 6.07 Å². The Bertz CT molecular complexity index is 666. The first-order valence-corrected chi connectivity index (χ1v) is 7.81. The zero-order valence-electron chi connectivity index (χ0n) is 13.4. The fourth-order valence-electron chi connectivity index (χ4n) is 3.38. The highest BCUT2D eigenvalue weighted by molar-refractivity contribution is 6.30. The first kappa shape index (κ1) is 17.6. The molecule has 0 saturated carbocycles. The SMILES string of the molecule is CC(C)(C)CC1CN(C(=O)O)CC1(C#N)c1ccc(Cl)cc1F. The van der Waals surface area contributed by atoms with Gasteiger partial charge >= 0.3 is 6.09 Å². The molecule has 1 amide bonds. The van der Waals surface area contributed by atoms with Crippen LogP contribution in [0.15, 0.2) is 18.2 Å². The van der Waals surface area contributed by atoms with Gasteiger partial charge in [0.25, 0.3) is 0 Å². The number of amides is 1. The lowest BCUT2D eigenvalue weighted by atomic mass is 9.68. The number of likely N-dealkylation sites (tertiary alicyclic amines) is 1. The summed E-state index contributed by atoms with van der Waals surface area (Å²) in [6, 6.07) is 6.44. The molecular formula is C17H20ClFN2O2. The van der Waals surface area contributed by atoms with Gasteiger partial charge in [-0.1, -0.05) is 38.4 Å². The molecule has 4 nitrogen and oxygen atoms in total. The second kappa shape index (κ2) is 6.01.